The molecule has 0 aliphatic heterocycles. The van der Waals surface area contributed by atoms with Crippen molar-refractivity contribution < 1.29 is 13.5 Å². The summed E-state index contributed by atoms with van der Waals surface area (Å²) in [5.41, 5.74) is 1.35. The summed E-state index contributed by atoms with van der Waals surface area (Å²) in [6.07, 6.45) is 0. The highest BCUT2D eigenvalue weighted by molar-refractivity contribution is 7.88. The van der Waals surface area contributed by atoms with Gasteiger partial charge in [-0.25, -0.2) is 13.2 Å². The van der Waals surface area contributed by atoms with Gasteiger partial charge >= 0.3 is 0 Å². The predicted octanol–water partition coefficient (Wildman–Crippen LogP) is 2.89. The summed E-state index contributed by atoms with van der Waals surface area (Å²) in [7, 11) is -3.61. The molecule has 0 bridgehead atoms. The number of halogens is 1. The van der Waals surface area contributed by atoms with Crippen LogP contribution in [0.1, 0.15) is 18.1 Å². The summed E-state index contributed by atoms with van der Waals surface area (Å²) in [5.74, 6) is -0.195. The third kappa shape index (κ3) is 4.47. The minimum atomic E-state index is -3.61. The van der Waals surface area contributed by atoms with E-state index < -0.39 is 10.0 Å². The number of phenols is 1. The lowest BCUT2D eigenvalue weighted by Crippen LogP contribution is -2.21. The molecule has 2 rings (SSSR count). The highest BCUT2D eigenvalue weighted by Gasteiger charge is 2.11. The zero-order valence-electron chi connectivity index (χ0n) is 11.8. The minimum absolute atomic E-state index is 0.0205. The van der Waals surface area contributed by atoms with Crippen LogP contribution in [0.5, 0.6) is 5.75 Å². The summed E-state index contributed by atoms with van der Waals surface area (Å²) in [5, 5.41) is 14.0. The monoisotopic (exact) mass is 338 g/mol. The maximum atomic E-state index is 12.0. The smallest absolute Gasteiger partial charge is 0.251 e. The van der Waals surface area contributed by atoms with Crippen molar-refractivity contribution in [2.75, 3.05) is 0 Å². The number of hydrazone groups is 1. The molecule has 22 heavy (non-hydrogen) atoms. The summed E-state index contributed by atoms with van der Waals surface area (Å²) in [4.78, 5) is 2.16. The van der Waals surface area contributed by atoms with Crippen LogP contribution in [0.25, 0.3) is 0 Å². The molecule has 0 aliphatic rings. The van der Waals surface area contributed by atoms with Crippen molar-refractivity contribution in [3.05, 3.63) is 64.7 Å². The zero-order valence-corrected chi connectivity index (χ0v) is 13.4. The van der Waals surface area contributed by atoms with Crippen molar-refractivity contribution in [3.63, 3.8) is 0 Å². The maximum Gasteiger partial charge on any atom is 0.251 e. The number of hydrogen-bond donors (Lipinski definition) is 2. The number of sulfonamides is 1. The fraction of sp³-hybridized carbons (Fsp3) is 0.133. The first kappa shape index (κ1) is 16.3. The molecule has 0 radical (unpaired) electrons. The number of phenolic OH excluding ortho intramolecular Hbond substituents is 1. The van der Waals surface area contributed by atoms with Crippen LogP contribution in [-0.4, -0.2) is 19.2 Å². The molecule has 0 unspecified atom stereocenters. The summed E-state index contributed by atoms with van der Waals surface area (Å²) >= 11 is 5.85. The molecule has 2 aromatic rings. The molecule has 0 fully saturated rings. The van der Waals surface area contributed by atoms with Crippen molar-refractivity contribution in [1.82, 2.24) is 4.83 Å². The number of nitrogens with one attached hydrogen (secondary N) is 1. The van der Waals surface area contributed by atoms with E-state index in [2.05, 4.69) is 9.93 Å². The number of rotatable bonds is 5. The largest absolute Gasteiger partial charge is 0.507 e. The molecule has 7 heteroatoms. The number of benzene rings is 2. The summed E-state index contributed by atoms with van der Waals surface area (Å²) < 4.78 is 24.0. The van der Waals surface area contributed by atoms with E-state index in [1.165, 1.54) is 18.2 Å². The van der Waals surface area contributed by atoms with E-state index >= 15 is 0 Å². The van der Waals surface area contributed by atoms with Gasteiger partial charge in [-0.15, -0.1) is 0 Å². The first-order valence-electron chi connectivity index (χ1n) is 6.44. The van der Waals surface area contributed by atoms with Crippen molar-refractivity contribution in [2.24, 2.45) is 5.10 Å². The van der Waals surface area contributed by atoms with E-state index in [0.717, 1.165) is 0 Å². The molecular formula is C15H15ClN2O3S. The van der Waals surface area contributed by atoms with Gasteiger partial charge in [0.05, 0.1) is 11.5 Å². The molecule has 0 saturated heterocycles. The SMILES string of the molecule is C/C(=N/NS(=O)(=O)Cc1ccccc1)c1cc(Cl)ccc1O. The van der Waals surface area contributed by atoms with Crippen molar-refractivity contribution in [1.29, 1.82) is 0 Å². The Labute approximate surface area is 134 Å². The molecule has 0 aliphatic carbocycles. The summed E-state index contributed by atoms with van der Waals surface area (Å²) in [6.45, 7) is 1.58. The summed E-state index contributed by atoms with van der Waals surface area (Å²) in [6, 6.07) is 13.3. The Morgan fingerprint density at radius 3 is 2.59 bits per heavy atom. The van der Waals surface area contributed by atoms with Crippen LogP contribution in [0.4, 0.5) is 0 Å². The van der Waals surface area contributed by atoms with Gasteiger partial charge in [0.15, 0.2) is 0 Å². The second kappa shape index (κ2) is 6.81. The first-order chi connectivity index (χ1) is 10.4. The van der Waals surface area contributed by atoms with Crippen LogP contribution in [0.3, 0.4) is 0 Å². The fourth-order valence-corrected chi connectivity index (χ4v) is 2.97. The fourth-order valence-electron chi connectivity index (χ4n) is 1.82. The Balaban J connectivity index is 2.14. The van der Waals surface area contributed by atoms with E-state index in [0.29, 0.717) is 21.9 Å². The van der Waals surface area contributed by atoms with Gasteiger partial charge in [0.2, 0.25) is 0 Å². The van der Waals surface area contributed by atoms with Gasteiger partial charge in [0.1, 0.15) is 5.75 Å². The van der Waals surface area contributed by atoms with Gasteiger partial charge in [-0.1, -0.05) is 41.9 Å². The lowest BCUT2D eigenvalue weighted by molar-refractivity contribution is 0.474. The van der Waals surface area contributed by atoms with Crippen LogP contribution >= 0.6 is 11.6 Å². The second-order valence-electron chi connectivity index (χ2n) is 4.69. The normalized spacial score (nSPS) is 12.2. The molecule has 0 spiro atoms. The average molecular weight is 339 g/mol. The predicted molar refractivity (Wildman–Crippen MR) is 87.5 cm³/mol. The van der Waals surface area contributed by atoms with E-state index in [-0.39, 0.29) is 11.5 Å². The Morgan fingerprint density at radius 2 is 1.91 bits per heavy atom. The standard InChI is InChI=1S/C15H15ClN2O3S/c1-11(14-9-13(16)7-8-15(14)19)17-18-22(20,21)10-12-5-3-2-4-6-12/h2-9,18-19H,10H2,1H3/b17-11-. The van der Waals surface area contributed by atoms with E-state index in [1.54, 1.807) is 31.2 Å². The lowest BCUT2D eigenvalue weighted by Gasteiger charge is -2.07. The van der Waals surface area contributed by atoms with Crippen LogP contribution in [0.2, 0.25) is 5.02 Å². The van der Waals surface area contributed by atoms with Crippen LogP contribution < -0.4 is 4.83 Å². The highest BCUT2D eigenvalue weighted by atomic mass is 35.5. The molecule has 0 aromatic heterocycles. The minimum Gasteiger partial charge on any atom is -0.507 e. The van der Waals surface area contributed by atoms with Gasteiger partial charge in [-0.05, 0) is 30.7 Å². The first-order valence-corrected chi connectivity index (χ1v) is 8.47. The van der Waals surface area contributed by atoms with Gasteiger partial charge < -0.3 is 5.11 Å². The zero-order chi connectivity index (χ0) is 16.2. The molecular weight excluding hydrogens is 324 g/mol. The Kier molecular flexibility index (Phi) is 5.05. The number of aromatic hydroxyl groups is 1. The van der Waals surface area contributed by atoms with Gasteiger partial charge in [-0.2, -0.15) is 5.10 Å². The molecule has 0 amide bonds. The quantitative estimate of drug-likeness (QED) is 0.650. The molecule has 0 saturated carbocycles. The Hall–Kier alpha value is -2.05. The molecule has 5 nitrogen and oxygen atoms in total. The average Bonchev–Trinajstić information content (AvgIpc) is 2.48. The lowest BCUT2D eigenvalue weighted by atomic mass is 10.1. The molecule has 2 aromatic carbocycles. The van der Waals surface area contributed by atoms with E-state index in [4.69, 9.17) is 11.6 Å². The topological polar surface area (TPSA) is 78.8 Å². The van der Waals surface area contributed by atoms with Gasteiger partial charge in [0.25, 0.3) is 10.0 Å². The van der Waals surface area contributed by atoms with E-state index in [1.807, 2.05) is 6.07 Å². The Bertz CT molecular complexity index is 790. The Morgan fingerprint density at radius 1 is 1.23 bits per heavy atom. The van der Waals surface area contributed by atoms with Gasteiger partial charge in [0, 0.05) is 10.6 Å². The van der Waals surface area contributed by atoms with Gasteiger partial charge in [-0.3, -0.25) is 0 Å². The molecule has 0 heterocycles. The third-order valence-corrected chi connectivity index (χ3v) is 4.22. The second-order valence-corrected chi connectivity index (χ2v) is 6.83. The van der Waals surface area contributed by atoms with Crippen LogP contribution in [-0.2, 0) is 15.8 Å². The number of nitrogens with zero attached hydrogens (tertiary/aromatic N) is 1. The third-order valence-electron chi connectivity index (χ3n) is 2.90. The molecule has 2 N–H and O–H groups in total. The molecule has 0 atom stereocenters. The van der Waals surface area contributed by atoms with Crippen molar-refractivity contribution in [2.45, 2.75) is 12.7 Å². The molecule has 116 valence electrons. The van der Waals surface area contributed by atoms with Crippen LogP contribution in [0, 0.1) is 0 Å². The van der Waals surface area contributed by atoms with Crippen LogP contribution in [0.15, 0.2) is 53.6 Å². The van der Waals surface area contributed by atoms with E-state index in [9.17, 15) is 13.5 Å². The maximum absolute atomic E-state index is 12.0. The number of hydrogen-bond acceptors (Lipinski definition) is 4. The highest BCUT2D eigenvalue weighted by Crippen LogP contribution is 2.22. The van der Waals surface area contributed by atoms with Crippen molar-refractivity contribution >= 4 is 27.3 Å². The van der Waals surface area contributed by atoms with Crippen molar-refractivity contribution in [3.8, 4) is 5.75 Å².